The third-order valence-electron chi connectivity index (χ3n) is 4.66. The maximum atomic E-state index is 5.68. The van der Waals surface area contributed by atoms with E-state index in [0.717, 1.165) is 57.8 Å². The highest BCUT2D eigenvalue weighted by Crippen LogP contribution is 2.38. The van der Waals surface area contributed by atoms with Crippen molar-refractivity contribution in [1.29, 1.82) is 0 Å². The second kappa shape index (κ2) is 5.45. The van der Waals surface area contributed by atoms with Crippen molar-refractivity contribution in [2.75, 3.05) is 6.61 Å². The molecule has 122 valence electrons. The summed E-state index contributed by atoms with van der Waals surface area (Å²) in [7, 11) is 0. The molecular weight excluding hydrogens is 312 g/mol. The molecular formula is C21H16N2O2. The van der Waals surface area contributed by atoms with Gasteiger partial charge in [-0.15, -0.1) is 0 Å². The number of aromatic nitrogens is 2. The zero-order valence-electron chi connectivity index (χ0n) is 13.8. The summed E-state index contributed by atoms with van der Waals surface area (Å²) in [5, 5.41) is 5.14. The van der Waals surface area contributed by atoms with Crippen LogP contribution in [0.2, 0.25) is 0 Å². The Balaban J connectivity index is 1.72. The predicted octanol–water partition coefficient (Wildman–Crippen LogP) is 4.80. The van der Waals surface area contributed by atoms with E-state index in [9.17, 15) is 0 Å². The normalized spacial score (nSPS) is 13.0. The number of aryl methyl sites for hydroxylation is 1. The smallest absolute Gasteiger partial charge is 0.175 e. The van der Waals surface area contributed by atoms with Crippen molar-refractivity contribution in [3.8, 4) is 28.2 Å². The number of hydrogen-bond donors (Lipinski definition) is 0. The van der Waals surface area contributed by atoms with E-state index in [4.69, 9.17) is 9.26 Å². The van der Waals surface area contributed by atoms with Crippen molar-refractivity contribution < 1.29 is 9.26 Å². The molecule has 0 aliphatic carbocycles. The van der Waals surface area contributed by atoms with E-state index in [2.05, 4.69) is 34.4 Å². The minimum Gasteiger partial charge on any atom is -0.493 e. The summed E-state index contributed by atoms with van der Waals surface area (Å²) in [5.74, 6) is 1.76. The van der Waals surface area contributed by atoms with E-state index < -0.39 is 0 Å². The van der Waals surface area contributed by atoms with Gasteiger partial charge < -0.3 is 9.26 Å². The molecule has 0 atom stereocenters. The van der Waals surface area contributed by atoms with Crippen LogP contribution < -0.4 is 4.74 Å². The van der Waals surface area contributed by atoms with Crippen LogP contribution in [0.4, 0.5) is 0 Å². The molecule has 5 rings (SSSR count). The summed E-state index contributed by atoms with van der Waals surface area (Å²) in [4.78, 5) is 4.62. The topological polar surface area (TPSA) is 48.2 Å². The van der Waals surface area contributed by atoms with Crippen LogP contribution in [0.3, 0.4) is 0 Å². The van der Waals surface area contributed by atoms with Gasteiger partial charge in [-0.2, -0.15) is 0 Å². The van der Waals surface area contributed by atoms with Gasteiger partial charge in [0.25, 0.3) is 0 Å². The molecule has 1 aliphatic rings. The van der Waals surface area contributed by atoms with Gasteiger partial charge in [0.15, 0.2) is 5.76 Å². The van der Waals surface area contributed by atoms with Gasteiger partial charge in [0.05, 0.1) is 18.3 Å². The predicted molar refractivity (Wildman–Crippen MR) is 96.6 cm³/mol. The Kier molecular flexibility index (Phi) is 3.10. The number of ether oxygens (including phenoxy) is 1. The summed E-state index contributed by atoms with van der Waals surface area (Å²) in [6.07, 6.45) is 2.73. The Morgan fingerprint density at radius 2 is 1.92 bits per heavy atom. The van der Waals surface area contributed by atoms with E-state index in [-0.39, 0.29) is 0 Å². The summed E-state index contributed by atoms with van der Waals surface area (Å²) < 4.78 is 11.3. The minimum absolute atomic E-state index is 0.753. The number of para-hydroxylation sites is 1. The van der Waals surface area contributed by atoms with Crippen molar-refractivity contribution in [3.05, 3.63) is 66.0 Å². The van der Waals surface area contributed by atoms with Gasteiger partial charge in [-0.05, 0) is 42.3 Å². The number of hydrogen-bond acceptors (Lipinski definition) is 4. The molecule has 2 aromatic heterocycles. The summed E-state index contributed by atoms with van der Waals surface area (Å²) in [6.45, 7) is 2.75. The lowest BCUT2D eigenvalue weighted by Gasteiger charge is -2.08. The molecule has 0 bridgehead atoms. The first-order chi connectivity index (χ1) is 12.3. The van der Waals surface area contributed by atoms with Crippen LogP contribution in [0.5, 0.6) is 5.75 Å². The Labute approximate surface area is 145 Å². The maximum absolute atomic E-state index is 5.68. The van der Waals surface area contributed by atoms with Crippen molar-refractivity contribution in [1.82, 2.24) is 10.1 Å². The largest absolute Gasteiger partial charge is 0.493 e. The van der Waals surface area contributed by atoms with Gasteiger partial charge in [0.2, 0.25) is 0 Å². The van der Waals surface area contributed by atoms with Crippen molar-refractivity contribution in [2.45, 2.75) is 13.3 Å². The standard InChI is InChI=1S/C21H16N2O2/c1-13-10-17(16-4-2-3-5-19(16)23-13)21-18(12-22-25-21)14-6-7-20-15(11-14)8-9-24-20/h2-7,10-12H,8-9H2,1H3. The average Bonchev–Trinajstić information content (AvgIpc) is 3.29. The molecule has 0 radical (unpaired) electrons. The Morgan fingerprint density at radius 1 is 1.00 bits per heavy atom. The summed E-state index contributed by atoms with van der Waals surface area (Å²) in [5.41, 5.74) is 6.26. The molecule has 4 heteroatoms. The number of nitrogens with zero attached hydrogens (tertiary/aromatic N) is 2. The van der Waals surface area contributed by atoms with Crippen LogP contribution in [-0.2, 0) is 6.42 Å². The van der Waals surface area contributed by atoms with Gasteiger partial charge in [-0.1, -0.05) is 29.4 Å². The molecule has 2 aromatic carbocycles. The third kappa shape index (κ3) is 2.30. The molecule has 0 spiro atoms. The fourth-order valence-corrected chi connectivity index (χ4v) is 3.49. The maximum Gasteiger partial charge on any atom is 0.175 e. The molecule has 25 heavy (non-hydrogen) atoms. The molecule has 0 fully saturated rings. The summed E-state index contributed by atoms with van der Waals surface area (Å²) in [6, 6.07) is 16.4. The van der Waals surface area contributed by atoms with Crippen molar-refractivity contribution in [2.24, 2.45) is 0 Å². The van der Waals surface area contributed by atoms with Crippen LogP contribution in [0.1, 0.15) is 11.3 Å². The molecule has 0 unspecified atom stereocenters. The average molecular weight is 328 g/mol. The van der Waals surface area contributed by atoms with Crippen LogP contribution in [0.15, 0.2) is 59.3 Å². The molecule has 1 aliphatic heterocycles. The van der Waals surface area contributed by atoms with Crippen LogP contribution in [0.25, 0.3) is 33.4 Å². The molecule has 0 saturated carbocycles. The lowest BCUT2D eigenvalue weighted by Crippen LogP contribution is -1.89. The summed E-state index contributed by atoms with van der Waals surface area (Å²) >= 11 is 0. The van der Waals surface area contributed by atoms with Gasteiger partial charge in [-0.3, -0.25) is 4.98 Å². The lowest BCUT2D eigenvalue weighted by atomic mass is 9.97. The molecule has 0 N–H and O–H groups in total. The number of pyridine rings is 1. The molecule has 4 nitrogen and oxygen atoms in total. The second-order valence-electron chi connectivity index (χ2n) is 6.32. The molecule has 3 heterocycles. The number of rotatable bonds is 2. The zero-order valence-corrected chi connectivity index (χ0v) is 13.8. The van der Waals surface area contributed by atoms with Gasteiger partial charge in [-0.25, -0.2) is 0 Å². The van der Waals surface area contributed by atoms with Gasteiger partial charge in [0.1, 0.15) is 5.75 Å². The minimum atomic E-state index is 0.753. The van der Waals surface area contributed by atoms with E-state index >= 15 is 0 Å². The first-order valence-corrected chi connectivity index (χ1v) is 8.37. The molecule has 4 aromatic rings. The molecule has 0 saturated heterocycles. The lowest BCUT2D eigenvalue weighted by molar-refractivity contribution is 0.357. The van der Waals surface area contributed by atoms with Gasteiger partial charge in [0, 0.05) is 28.6 Å². The fourth-order valence-electron chi connectivity index (χ4n) is 3.49. The van der Waals surface area contributed by atoms with Crippen LogP contribution in [-0.4, -0.2) is 16.7 Å². The van der Waals surface area contributed by atoms with Crippen LogP contribution in [0, 0.1) is 6.92 Å². The quantitative estimate of drug-likeness (QED) is 0.530. The van der Waals surface area contributed by atoms with E-state index in [0.29, 0.717) is 0 Å². The van der Waals surface area contributed by atoms with E-state index in [1.54, 1.807) is 6.20 Å². The number of benzene rings is 2. The van der Waals surface area contributed by atoms with Crippen molar-refractivity contribution >= 4 is 10.9 Å². The Hall–Kier alpha value is -3.14. The highest BCUT2D eigenvalue weighted by atomic mass is 16.5. The highest BCUT2D eigenvalue weighted by molar-refractivity contribution is 5.97. The monoisotopic (exact) mass is 328 g/mol. The van der Waals surface area contributed by atoms with Crippen LogP contribution >= 0.6 is 0 Å². The fraction of sp³-hybridized carbons (Fsp3) is 0.143. The van der Waals surface area contributed by atoms with E-state index in [1.165, 1.54) is 5.56 Å². The zero-order chi connectivity index (χ0) is 16.8. The molecule has 0 amide bonds. The SMILES string of the molecule is Cc1cc(-c2oncc2-c2ccc3c(c2)CCO3)c2ccccc2n1. The van der Waals surface area contributed by atoms with E-state index in [1.807, 2.05) is 31.2 Å². The second-order valence-corrected chi connectivity index (χ2v) is 6.32. The first kappa shape index (κ1) is 14.2. The van der Waals surface area contributed by atoms with Gasteiger partial charge >= 0.3 is 0 Å². The third-order valence-corrected chi connectivity index (χ3v) is 4.66. The number of fused-ring (bicyclic) bond motifs is 2. The Bertz CT molecular complexity index is 1100. The first-order valence-electron chi connectivity index (χ1n) is 8.37. The Morgan fingerprint density at radius 3 is 2.88 bits per heavy atom. The highest BCUT2D eigenvalue weighted by Gasteiger charge is 2.19. The van der Waals surface area contributed by atoms with Crippen molar-refractivity contribution in [3.63, 3.8) is 0 Å².